The van der Waals surface area contributed by atoms with E-state index in [1.165, 1.54) is 0 Å². The van der Waals surface area contributed by atoms with Gasteiger partial charge in [0.1, 0.15) is 0 Å². The van der Waals surface area contributed by atoms with Crippen LogP contribution >= 0.6 is 0 Å². The molecule has 54 valence electrons. The van der Waals surface area contributed by atoms with Gasteiger partial charge in [0, 0.05) is 6.20 Å². The molecule has 1 N–H and O–H groups in total. The van der Waals surface area contributed by atoms with Crippen molar-refractivity contribution in [3.8, 4) is 0 Å². The predicted octanol–water partition coefficient (Wildman–Crippen LogP) is 0.734. The predicted molar refractivity (Wildman–Crippen MR) is 37.7 cm³/mol. The molecule has 10 heavy (non-hydrogen) atoms. The summed E-state index contributed by atoms with van der Waals surface area (Å²) in [6.45, 7) is 1.74. The number of aryl methyl sites for hydroxylation is 1. The summed E-state index contributed by atoms with van der Waals surface area (Å²) < 4.78 is 21.0. The van der Waals surface area contributed by atoms with E-state index in [0.29, 0.717) is 0 Å². The molecule has 0 aromatic carbocycles. The molecule has 0 atom stereocenters. The van der Waals surface area contributed by atoms with Crippen molar-refractivity contribution in [2.24, 2.45) is 0 Å². The zero-order valence-corrected chi connectivity index (χ0v) is 6.27. The molecule has 3 nitrogen and oxygen atoms in total. The van der Waals surface area contributed by atoms with E-state index in [9.17, 15) is 8.42 Å². The normalized spacial score (nSPS) is 9.30. The van der Waals surface area contributed by atoms with Gasteiger partial charge >= 0.3 is 0 Å². The lowest BCUT2D eigenvalue weighted by molar-refractivity contribution is 0.624. The molecule has 0 aliphatic rings. The minimum Gasteiger partial charge on any atom is -0.349 e. The lowest BCUT2D eigenvalue weighted by Gasteiger charge is -1.86. The Morgan fingerprint density at radius 1 is 1.50 bits per heavy atom. The Hall–Kier alpha value is -1.03. The fourth-order valence-electron chi connectivity index (χ4n) is 0.685. The third-order valence-electron chi connectivity index (χ3n) is 1.18. The molecular weight excluding hydrogens is 150 g/mol. The third-order valence-corrected chi connectivity index (χ3v) is 1.95. The first-order valence-corrected chi connectivity index (χ1v) is 3.86. The highest BCUT2D eigenvalue weighted by molar-refractivity contribution is 7.63. The van der Waals surface area contributed by atoms with E-state index in [4.69, 9.17) is 0 Å². The summed E-state index contributed by atoms with van der Waals surface area (Å²) in [4.78, 5) is 2.62. The molecule has 0 unspecified atom stereocenters. The maximum absolute atomic E-state index is 10.4. The van der Waals surface area contributed by atoms with Gasteiger partial charge in [0.05, 0.1) is 0 Å². The summed E-state index contributed by atoms with van der Waals surface area (Å²) in [7, 11) is -2.15. The Bertz CT molecular complexity index is 380. The SMILES string of the molecule is Cc1ccc[nH]c1=S(=O)=O. The zero-order chi connectivity index (χ0) is 7.56. The number of nitrogens with one attached hydrogen (secondary N) is 1. The highest BCUT2D eigenvalue weighted by Gasteiger charge is 1.86. The minimum atomic E-state index is -2.15. The quantitative estimate of drug-likeness (QED) is 0.564. The van der Waals surface area contributed by atoms with E-state index >= 15 is 0 Å². The second-order valence-corrected chi connectivity index (χ2v) is 2.79. The second-order valence-electron chi connectivity index (χ2n) is 1.92. The molecule has 0 saturated carbocycles. The van der Waals surface area contributed by atoms with Crippen molar-refractivity contribution in [2.75, 3.05) is 0 Å². The van der Waals surface area contributed by atoms with Gasteiger partial charge in [-0.1, -0.05) is 6.07 Å². The molecule has 1 aromatic heterocycles. The van der Waals surface area contributed by atoms with Crippen LogP contribution in [0, 0.1) is 11.6 Å². The van der Waals surface area contributed by atoms with Crippen LogP contribution < -0.4 is 0 Å². The molecule has 0 amide bonds. The van der Waals surface area contributed by atoms with Crippen LogP contribution in [0.4, 0.5) is 0 Å². The largest absolute Gasteiger partial charge is 0.349 e. The van der Waals surface area contributed by atoms with Crippen LogP contribution in [-0.2, 0) is 10.3 Å². The van der Waals surface area contributed by atoms with Gasteiger partial charge in [0.2, 0.25) is 10.3 Å². The van der Waals surface area contributed by atoms with E-state index < -0.39 is 10.3 Å². The fourth-order valence-corrected chi connectivity index (χ4v) is 1.18. The number of rotatable bonds is 0. The van der Waals surface area contributed by atoms with Crippen molar-refractivity contribution in [1.29, 1.82) is 0 Å². The monoisotopic (exact) mass is 157 g/mol. The van der Waals surface area contributed by atoms with Gasteiger partial charge in [-0.2, -0.15) is 8.42 Å². The highest BCUT2D eigenvalue weighted by Crippen LogP contribution is 1.92. The summed E-state index contributed by atoms with van der Waals surface area (Å²) in [5.74, 6) is 0. The molecule has 4 heteroatoms. The molecule has 0 aliphatic carbocycles. The first-order chi connectivity index (χ1) is 4.72. The topological polar surface area (TPSA) is 49.9 Å². The Kier molecular flexibility index (Phi) is 1.91. The number of aromatic nitrogens is 1. The van der Waals surface area contributed by atoms with Gasteiger partial charge in [-0.05, 0) is 18.6 Å². The number of hydrogen-bond donors (Lipinski definition) is 1. The van der Waals surface area contributed by atoms with Crippen LogP contribution in [0.15, 0.2) is 18.3 Å². The maximum Gasteiger partial charge on any atom is 0.238 e. The third kappa shape index (κ3) is 1.27. The van der Waals surface area contributed by atoms with Crippen LogP contribution in [0.3, 0.4) is 0 Å². The van der Waals surface area contributed by atoms with Crippen LogP contribution in [0.25, 0.3) is 0 Å². The second kappa shape index (κ2) is 2.70. The first kappa shape index (κ1) is 7.08. The van der Waals surface area contributed by atoms with Gasteiger partial charge in [0.25, 0.3) is 0 Å². The van der Waals surface area contributed by atoms with E-state index in [2.05, 4.69) is 4.98 Å². The zero-order valence-electron chi connectivity index (χ0n) is 5.46. The van der Waals surface area contributed by atoms with Gasteiger partial charge in [0.15, 0.2) is 4.64 Å². The van der Waals surface area contributed by atoms with Crippen LogP contribution in [0.2, 0.25) is 0 Å². The summed E-state index contributed by atoms with van der Waals surface area (Å²) in [5.41, 5.74) is 0.732. The van der Waals surface area contributed by atoms with Crippen LogP contribution in [-0.4, -0.2) is 13.4 Å². The molecule has 1 heterocycles. The van der Waals surface area contributed by atoms with Crippen molar-refractivity contribution in [3.05, 3.63) is 28.5 Å². The van der Waals surface area contributed by atoms with Crippen LogP contribution in [0.1, 0.15) is 5.56 Å². The summed E-state index contributed by atoms with van der Waals surface area (Å²) >= 11 is 0. The molecule has 0 fully saturated rings. The molecule has 0 saturated heterocycles. The van der Waals surface area contributed by atoms with Gasteiger partial charge < -0.3 is 4.98 Å². The Labute approximate surface area is 59.9 Å². The number of H-pyrrole nitrogens is 1. The summed E-state index contributed by atoms with van der Waals surface area (Å²) in [5, 5.41) is 0. The molecule has 0 spiro atoms. The number of pyridine rings is 1. The number of aromatic amines is 1. The van der Waals surface area contributed by atoms with Crippen molar-refractivity contribution in [2.45, 2.75) is 6.92 Å². The van der Waals surface area contributed by atoms with Crippen molar-refractivity contribution in [3.63, 3.8) is 0 Å². The molecule has 1 aromatic rings. The minimum absolute atomic E-state index is 0.252. The molecule has 0 bridgehead atoms. The molecular formula is C6H7NO2S. The van der Waals surface area contributed by atoms with E-state index in [0.717, 1.165) is 5.56 Å². The van der Waals surface area contributed by atoms with Gasteiger partial charge in [-0.25, -0.2) is 0 Å². The Morgan fingerprint density at radius 2 is 2.20 bits per heavy atom. The summed E-state index contributed by atoms with van der Waals surface area (Å²) in [6.07, 6.45) is 1.58. The van der Waals surface area contributed by atoms with Gasteiger partial charge in [-0.15, -0.1) is 0 Å². The van der Waals surface area contributed by atoms with E-state index in [1.54, 1.807) is 25.3 Å². The lowest BCUT2D eigenvalue weighted by Crippen LogP contribution is -1.80. The Balaban J connectivity index is 3.78. The standard InChI is InChI=1S/C6H7NO2S/c1-5-3-2-4-7-6(5)10(8)9/h2-4,7H,1H3. The number of hydrogen-bond acceptors (Lipinski definition) is 2. The lowest BCUT2D eigenvalue weighted by atomic mass is 10.3. The maximum atomic E-state index is 10.4. The average molecular weight is 157 g/mol. The van der Waals surface area contributed by atoms with E-state index in [1.807, 2.05) is 0 Å². The van der Waals surface area contributed by atoms with Crippen LogP contribution in [0.5, 0.6) is 0 Å². The smallest absolute Gasteiger partial charge is 0.238 e. The van der Waals surface area contributed by atoms with Crippen molar-refractivity contribution < 1.29 is 8.42 Å². The molecule has 0 radical (unpaired) electrons. The summed E-state index contributed by atoms with van der Waals surface area (Å²) in [6, 6.07) is 3.49. The van der Waals surface area contributed by atoms with E-state index in [-0.39, 0.29) is 4.64 Å². The van der Waals surface area contributed by atoms with Crippen molar-refractivity contribution in [1.82, 2.24) is 4.98 Å². The highest BCUT2D eigenvalue weighted by atomic mass is 32.2. The first-order valence-electron chi connectivity index (χ1n) is 2.78. The molecule has 1 rings (SSSR count). The fraction of sp³-hybridized carbons (Fsp3) is 0.167. The van der Waals surface area contributed by atoms with Gasteiger partial charge in [-0.3, -0.25) is 0 Å². The van der Waals surface area contributed by atoms with Crippen molar-refractivity contribution >= 4 is 10.3 Å². The average Bonchev–Trinajstić information content (AvgIpc) is 1.88. The molecule has 0 aliphatic heterocycles. The Morgan fingerprint density at radius 3 is 2.60 bits per heavy atom.